The van der Waals surface area contributed by atoms with Crippen molar-refractivity contribution in [1.29, 1.82) is 0 Å². The van der Waals surface area contributed by atoms with Crippen molar-refractivity contribution in [2.45, 2.75) is 13.5 Å². The Morgan fingerprint density at radius 2 is 1.71 bits per heavy atom. The van der Waals surface area contributed by atoms with E-state index in [-0.39, 0.29) is 0 Å². The van der Waals surface area contributed by atoms with Gasteiger partial charge in [0, 0.05) is 44.4 Å². The van der Waals surface area contributed by atoms with Crippen LogP contribution in [0.5, 0.6) is 0 Å². The summed E-state index contributed by atoms with van der Waals surface area (Å²) in [6.45, 7) is 7.74. The molecular formula is C13H18F2N2. The van der Waals surface area contributed by atoms with Crippen LogP contribution in [0.4, 0.5) is 8.78 Å². The van der Waals surface area contributed by atoms with E-state index in [2.05, 4.69) is 16.7 Å². The molecule has 0 spiro atoms. The van der Waals surface area contributed by atoms with Crippen molar-refractivity contribution in [3.63, 3.8) is 0 Å². The summed E-state index contributed by atoms with van der Waals surface area (Å²) >= 11 is 0. The van der Waals surface area contributed by atoms with Gasteiger partial charge < -0.3 is 4.90 Å². The molecule has 94 valence electrons. The van der Waals surface area contributed by atoms with E-state index in [1.54, 1.807) is 0 Å². The molecule has 17 heavy (non-hydrogen) atoms. The van der Waals surface area contributed by atoms with E-state index in [0.717, 1.165) is 38.8 Å². The summed E-state index contributed by atoms with van der Waals surface area (Å²) in [7, 11) is 0. The molecular weight excluding hydrogens is 222 g/mol. The predicted molar refractivity (Wildman–Crippen MR) is 63.7 cm³/mol. The van der Waals surface area contributed by atoms with Gasteiger partial charge in [0.15, 0.2) is 0 Å². The number of piperazine rings is 1. The summed E-state index contributed by atoms with van der Waals surface area (Å²) in [4.78, 5) is 4.58. The number of hydrogen-bond donors (Lipinski definition) is 0. The van der Waals surface area contributed by atoms with Crippen LogP contribution in [0.15, 0.2) is 18.2 Å². The third kappa shape index (κ3) is 3.23. The molecule has 0 unspecified atom stereocenters. The van der Waals surface area contributed by atoms with Gasteiger partial charge in [0.05, 0.1) is 0 Å². The molecule has 1 saturated heterocycles. The average Bonchev–Trinajstić information content (AvgIpc) is 2.34. The third-order valence-electron chi connectivity index (χ3n) is 3.32. The van der Waals surface area contributed by atoms with E-state index < -0.39 is 11.6 Å². The van der Waals surface area contributed by atoms with Gasteiger partial charge >= 0.3 is 0 Å². The van der Waals surface area contributed by atoms with E-state index in [1.165, 1.54) is 12.1 Å². The summed E-state index contributed by atoms with van der Waals surface area (Å²) in [5.41, 5.74) is 0.580. The second-order valence-corrected chi connectivity index (χ2v) is 4.45. The highest BCUT2D eigenvalue weighted by atomic mass is 19.1. The minimum atomic E-state index is -0.512. The molecule has 1 aliphatic heterocycles. The number of benzene rings is 1. The van der Waals surface area contributed by atoms with E-state index in [0.29, 0.717) is 12.1 Å². The molecule has 2 rings (SSSR count). The maximum atomic E-state index is 13.5. The van der Waals surface area contributed by atoms with E-state index in [4.69, 9.17) is 0 Å². The van der Waals surface area contributed by atoms with Crippen LogP contribution in [0.1, 0.15) is 12.5 Å². The fourth-order valence-corrected chi connectivity index (χ4v) is 2.15. The second-order valence-electron chi connectivity index (χ2n) is 4.45. The minimum absolute atomic E-state index is 0.442. The first-order chi connectivity index (χ1) is 8.19. The molecule has 1 aromatic carbocycles. The summed E-state index contributed by atoms with van der Waals surface area (Å²) in [5.74, 6) is -0.954. The molecule has 1 heterocycles. The highest BCUT2D eigenvalue weighted by Crippen LogP contribution is 2.13. The Balaban J connectivity index is 1.93. The van der Waals surface area contributed by atoms with E-state index in [1.807, 2.05) is 0 Å². The van der Waals surface area contributed by atoms with Crippen LogP contribution >= 0.6 is 0 Å². The van der Waals surface area contributed by atoms with Crippen LogP contribution in [0.25, 0.3) is 0 Å². The van der Waals surface area contributed by atoms with Crippen molar-refractivity contribution in [3.05, 3.63) is 35.4 Å². The number of likely N-dealkylation sites (N-methyl/N-ethyl adjacent to an activating group) is 1. The summed E-state index contributed by atoms with van der Waals surface area (Å²) in [6.07, 6.45) is 0. The summed E-state index contributed by atoms with van der Waals surface area (Å²) in [6, 6.07) is 3.81. The number of nitrogens with zero attached hydrogens (tertiary/aromatic N) is 2. The van der Waals surface area contributed by atoms with Gasteiger partial charge in [-0.3, -0.25) is 4.90 Å². The zero-order valence-electron chi connectivity index (χ0n) is 10.1. The Bertz CT molecular complexity index is 374. The topological polar surface area (TPSA) is 6.48 Å². The molecule has 1 aliphatic rings. The standard InChI is InChI=1S/C13H18F2N2/c1-2-16-5-7-17(8-6-16)10-11-3-4-12(14)9-13(11)15/h3-4,9H,2,5-8,10H2,1H3. The number of halogens is 2. The molecule has 0 aromatic heterocycles. The van der Waals surface area contributed by atoms with Crippen molar-refractivity contribution in [3.8, 4) is 0 Å². The normalized spacial score (nSPS) is 18.5. The molecule has 0 N–H and O–H groups in total. The lowest BCUT2D eigenvalue weighted by molar-refractivity contribution is 0.131. The monoisotopic (exact) mass is 240 g/mol. The highest BCUT2D eigenvalue weighted by Gasteiger charge is 2.16. The largest absolute Gasteiger partial charge is 0.301 e. The molecule has 4 heteroatoms. The summed E-state index contributed by atoms with van der Waals surface area (Å²) in [5, 5.41) is 0. The SMILES string of the molecule is CCN1CCN(Cc2ccc(F)cc2F)CC1. The second kappa shape index (κ2) is 5.56. The van der Waals surface area contributed by atoms with Gasteiger partial charge in [-0.25, -0.2) is 8.78 Å². The maximum absolute atomic E-state index is 13.5. The predicted octanol–water partition coefficient (Wildman–Crippen LogP) is 2.10. The lowest BCUT2D eigenvalue weighted by Crippen LogP contribution is -2.45. The zero-order chi connectivity index (χ0) is 12.3. The van der Waals surface area contributed by atoms with Crippen LogP contribution in [0.2, 0.25) is 0 Å². The molecule has 0 aliphatic carbocycles. The zero-order valence-corrected chi connectivity index (χ0v) is 10.1. The Labute approximate surface area is 101 Å². The Morgan fingerprint density at radius 1 is 1.06 bits per heavy atom. The van der Waals surface area contributed by atoms with Crippen LogP contribution in [-0.2, 0) is 6.54 Å². The fourth-order valence-electron chi connectivity index (χ4n) is 2.15. The average molecular weight is 240 g/mol. The third-order valence-corrected chi connectivity index (χ3v) is 3.32. The lowest BCUT2D eigenvalue weighted by Gasteiger charge is -2.34. The molecule has 2 nitrogen and oxygen atoms in total. The molecule has 1 aromatic rings. The molecule has 0 atom stereocenters. The highest BCUT2D eigenvalue weighted by molar-refractivity contribution is 5.18. The van der Waals surface area contributed by atoms with Gasteiger partial charge in [0.25, 0.3) is 0 Å². The van der Waals surface area contributed by atoms with Crippen LogP contribution in [0, 0.1) is 11.6 Å². The van der Waals surface area contributed by atoms with Crippen LogP contribution in [0.3, 0.4) is 0 Å². The first kappa shape index (κ1) is 12.5. The van der Waals surface area contributed by atoms with Gasteiger partial charge in [0.1, 0.15) is 11.6 Å². The molecule has 0 bridgehead atoms. The quantitative estimate of drug-likeness (QED) is 0.798. The van der Waals surface area contributed by atoms with Gasteiger partial charge in [-0.2, -0.15) is 0 Å². The lowest BCUT2D eigenvalue weighted by atomic mass is 10.2. The maximum Gasteiger partial charge on any atom is 0.130 e. The number of rotatable bonds is 3. The first-order valence-corrected chi connectivity index (χ1v) is 6.07. The van der Waals surface area contributed by atoms with Gasteiger partial charge in [-0.1, -0.05) is 13.0 Å². The van der Waals surface area contributed by atoms with Crippen molar-refractivity contribution in [2.24, 2.45) is 0 Å². The first-order valence-electron chi connectivity index (χ1n) is 6.07. The number of hydrogen-bond acceptors (Lipinski definition) is 2. The Hall–Kier alpha value is -1.00. The molecule has 0 amide bonds. The van der Waals surface area contributed by atoms with Gasteiger partial charge in [0.2, 0.25) is 0 Å². The summed E-state index contributed by atoms with van der Waals surface area (Å²) < 4.78 is 26.2. The van der Waals surface area contributed by atoms with Crippen LogP contribution < -0.4 is 0 Å². The van der Waals surface area contributed by atoms with Crippen molar-refractivity contribution < 1.29 is 8.78 Å². The van der Waals surface area contributed by atoms with Crippen molar-refractivity contribution >= 4 is 0 Å². The molecule has 0 saturated carbocycles. The minimum Gasteiger partial charge on any atom is -0.301 e. The molecule has 0 radical (unpaired) electrons. The Morgan fingerprint density at radius 3 is 2.29 bits per heavy atom. The van der Waals surface area contributed by atoms with Gasteiger partial charge in [-0.15, -0.1) is 0 Å². The Kier molecular flexibility index (Phi) is 4.07. The fraction of sp³-hybridized carbons (Fsp3) is 0.538. The van der Waals surface area contributed by atoms with E-state index >= 15 is 0 Å². The van der Waals surface area contributed by atoms with Crippen molar-refractivity contribution in [1.82, 2.24) is 9.80 Å². The van der Waals surface area contributed by atoms with Crippen molar-refractivity contribution in [2.75, 3.05) is 32.7 Å². The van der Waals surface area contributed by atoms with Gasteiger partial charge in [-0.05, 0) is 12.6 Å². The molecule has 1 fully saturated rings. The smallest absolute Gasteiger partial charge is 0.130 e. The van der Waals surface area contributed by atoms with E-state index in [9.17, 15) is 8.78 Å². The van der Waals surface area contributed by atoms with Crippen LogP contribution in [-0.4, -0.2) is 42.5 Å².